The second-order valence-corrected chi connectivity index (χ2v) is 11.9. The number of hydrogen-bond acceptors (Lipinski definition) is 8. The van der Waals surface area contributed by atoms with Crippen molar-refractivity contribution in [3.05, 3.63) is 64.2 Å². The van der Waals surface area contributed by atoms with Gasteiger partial charge in [-0.3, -0.25) is 9.74 Å². The Morgan fingerprint density at radius 2 is 2.06 bits per heavy atom. The van der Waals surface area contributed by atoms with Gasteiger partial charge in [-0.15, -0.1) is 0 Å². The van der Waals surface area contributed by atoms with Gasteiger partial charge >= 0.3 is 0 Å². The second-order valence-electron chi connectivity index (χ2n) is 9.63. The Labute approximate surface area is 208 Å². The number of hydroxylamine groups is 1. The van der Waals surface area contributed by atoms with E-state index in [-0.39, 0.29) is 30.3 Å². The summed E-state index contributed by atoms with van der Waals surface area (Å²) in [6.45, 7) is 4.31. The van der Waals surface area contributed by atoms with Crippen molar-refractivity contribution < 1.29 is 18.0 Å². The highest BCUT2D eigenvalue weighted by molar-refractivity contribution is 7.90. The monoisotopic (exact) mass is 498 g/mol. The van der Waals surface area contributed by atoms with Gasteiger partial charge in [0.15, 0.2) is 6.23 Å². The Balaban J connectivity index is 1.54. The molecular weight excluding hydrogens is 464 g/mol. The Bertz CT molecular complexity index is 1210. The van der Waals surface area contributed by atoms with Gasteiger partial charge in [0, 0.05) is 18.8 Å². The number of fused-ring (bicyclic) bond motifs is 1. The van der Waals surface area contributed by atoms with Crippen molar-refractivity contribution in [2.45, 2.75) is 57.6 Å². The third-order valence-electron chi connectivity index (χ3n) is 6.54. The van der Waals surface area contributed by atoms with Crippen LogP contribution in [0.15, 0.2) is 36.4 Å². The molecule has 0 aromatic heterocycles. The first kappa shape index (κ1) is 25.6. The Hall–Kier alpha value is -2.48. The number of hydrogen-bond donors (Lipinski definition) is 2. The average molecular weight is 499 g/mol. The van der Waals surface area contributed by atoms with E-state index in [9.17, 15) is 13.7 Å². The zero-order valence-electron chi connectivity index (χ0n) is 20.7. The molecular formula is C26H34N4O4S. The molecule has 35 heavy (non-hydrogen) atoms. The normalized spacial score (nSPS) is 22.7. The predicted molar refractivity (Wildman–Crippen MR) is 134 cm³/mol. The van der Waals surface area contributed by atoms with Gasteiger partial charge in [-0.05, 0) is 74.5 Å². The van der Waals surface area contributed by atoms with Crippen LogP contribution >= 0.6 is 0 Å². The minimum atomic E-state index is -3.00. The van der Waals surface area contributed by atoms with Crippen LogP contribution in [0.25, 0.3) is 0 Å². The number of nitrogens with zero attached hydrogens (tertiary/aromatic N) is 2. The quantitative estimate of drug-likeness (QED) is 0.570. The molecule has 1 heterocycles. The van der Waals surface area contributed by atoms with E-state index in [1.54, 1.807) is 0 Å². The molecule has 2 N–H and O–H groups in total. The maximum absolute atomic E-state index is 11.5. The van der Waals surface area contributed by atoms with Gasteiger partial charge in [0.25, 0.3) is 0 Å². The molecule has 0 bridgehead atoms. The van der Waals surface area contributed by atoms with Crippen molar-refractivity contribution in [1.82, 2.24) is 15.7 Å². The van der Waals surface area contributed by atoms with Crippen LogP contribution in [0.2, 0.25) is 0 Å². The average Bonchev–Trinajstić information content (AvgIpc) is 3.19. The summed E-state index contributed by atoms with van der Waals surface area (Å²) in [6.07, 6.45) is 3.72. The third-order valence-corrected chi connectivity index (χ3v) is 7.49. The van der Waals surface area contributed by atoms with E-state index >= 15 is 0 Å². The van der Waals surface area contributed by atoms with Crippen LogP contribution < -0.4 is 15.5 Å². The van der Waals surface area contributed by atoms with Crippen molar-refractivity contribution in [1.29, 1.82) is 5.26 Å². The lowest BCUT2D eigenvalue weighted by atomic mass is 9.84. The molecule has 1 aliphatic heterocycles. The van der Waals surface area contributed by atoms with E-state index < -0.39 is 9.84 Å². The van der Waals surface area contributed by atoms with E-state index in [4.69, 9.17) is 9.57 Å². The minimum absolute atomic E-state index is 0.0154. The first-order valence-electron chi connectivity index (χ1n) is 12.0. The molecule has 0 saturated carbocycles. The standard InChI is InChI=1S/C26H34N4O4S/c1-17(2)33-24-12-11-18(15-19(24)16-27)26-30(3)25(29-34-26)22-9-5-8-21-20(22)7-6-10-23(21)28-13-14-35(4,31)32/h5,8-9,11-12,15,17,23,25-26,28-29H,6-7,10,13-14H2,1-4H3. The third kappa shape index (κ3) is 5.85. The topological polar surface area (TPSA) is 104 Å². The largest absolute Gasteiger partial charge is 0.490 e. The Morgan fingerprint density at radius 3 is 2.77 bits per heavy atom. The van der Waals surface area contributed by atoms with Crippen molar-refractivity contribution in [2.24, 2.45) is 0 Å². The Kier molecular flexibility index (Phi) is 7.79. The highest BCUT2D eigenvalue weighted by atomic mass is 32.2. The van der Waals surface area contributed by atoms with Crippen molar-refractivity contribution in [3.8, 4) is 11.8 Å². The fourth-order valence-electron chi connectivity index (χ4n) is 4.93. The lowest BCUT2D eigenvalue weighted by molar-refractivity contribution is -0.00443. The summed E-state index contributed by atoms with van der Waals surface area (Å²) in [5, 5.41) is 13.1. The number of nitriles is 1. The number of sulfone groups is 1. The predicted octanol–water partition coefficient (Wildman–Crippen LogP) is 3.52. The summed E-state index contributed by atoms with van der Waals surface area (Å²) in [5.74, 6) is 0.704. The number of benzene rings is 2. The molecule has 9 heteroatoms. The first-order chi connectivity index (χ1) is 16.7. The molecule has 0 spiro atoms. The van der Waals surface area contributed by atoms with Gasteiger partial charge in [-0.25, -0.2) is 8.42 Å². The number of ether oxygens (including phenoxy) is 1. The molecule has 188 valence electrons. The lowest BCUT2D eigenvalue weighted by Crippen LogP contribution is -2.31. The van der Waals surface area contributed by atoms with Crippen LogP contribution in [-0.2, 0) is 21.1 Å². The van der Waals surface area contributed by atoms with Crippen LogP contribution in [0.1, 0.15) is 72.9 Å². The first-order valence-corrected chi connectivity index (χ1v) is 14.1. The fraction of sp³-hybridized carbons (Fsp3) is 0.500. The van der Waals surface area contributed by atoms with Gasteiger partial charge in [-0.2, -0.15) is 10.7 Å². The smallest absolute Gasteiger partial charge is 0.159 e. The summed E-state index contributed by atoms with van der Waals surface area (Å²) in [5.41, 5.74) is 8.21. The van der Waals surface area contributed by atoms with Crippen LogP contribution in [0, 0.1) is 11.3 Å². The van der Waals surface area contributed by atoms with Crippen LogP contribution in [0.3, 0.4) is 0 Å². The Morgan fingerprint density at radius 1 is 1.29 bits per heavy atom. The van der Waals surface area contributed by atoms with Crippen molar-refractivity contribution in [3.63, 3.8) is 0 Å². The van der Waals surface area contributed by atoms with E-state index in [0.717, 1.165) is 30.4 Å². The lowest BCUT2D eigenvalue weighted by Gasteiger charge is -2.31. The molecule has 8 nitrogen and oxygen atoms in total. The van der Waals surface area contributed by atoms with Crippen LogP contribution in [-0.4, -0.2) is 45.0 Å². The summed E-state index contributed by atoms with van der Waals surface area (Å²) in [7, 11) is -0.997. The molecule has 1 fully saturated rings. The molecule has 3 atom stereocenters. The summed E-state index contributed by atoms with van der Waals surface area (Å²) in [6, 6.07) is 14.3. The highest BCUT2D eigenvalue weighted by Gasteiger charge is 2.36. The van der Waals surface area contributed by atoms with E-state index in [1.807, 2.05) is 39.1 Å². The summed E-state index contributed by atoms with van der Waals surface area (Å²) in [4.78, 5) is 8.12. The SMILES string of the molecule is CC(C)Oc1ccc(C2ONC(c3cccc4c3CCCC4NCCS(C)(=O)=O)N2C)cc1C#N. The molecule has 1 aliphatic carbocycles. The molecule has 2 aromatic rings. The summed E-state index contributed by atoms with van der Waals surface area (Å²) >= 11 is 0. The maximum Gasteiger partial charge on any atom is 0.159 e. The van der Waals surface area contributed by atoms with E-state index in [1.165, 1.54) is 17.4 Å². The minimum Gasteiger partial charge on any atom is -0.490 e. The number of nitrogens with one attached hydrogen (secondary N) is 2. The van der Waals surface area contributed by atoms with Gasteiger partial charge in [-0.1, -0.05) is 24.3 Å². The van der Waals surface area contributed by atoms with Gasteiger partial charge < -0.3 is 10.1 Å². The molecule has 3 unspecified atom stereocenters. The zero-order valence-corrected chi connectivity index (χ0v) is 21.6. The van der Waals surface area contributed by atoms with Crippen LogP contribution in [0.5, 0.6) is 5.75 Å². The van der Waals surface area contributed by atoms with Gasteiger partial charge in [0.2, 0.25) is 0 Å². The zero-order chi connectivity index (χ0) is 25.2. The summed E-state index contributed by atoms with van der Waals surface area (Å²) < 4.78 is 28.8. The van der Waals surface area contributed by atoms with E-state index in [0.29, 0.717) is 17.9 Å². The van der Waals surface area contributed by atoms with E-state index in [2.05, 4.69) is 40.0 Å². The highest BCUT2D eigenvalue weighted by Crippen LogP contribution is 2.40. The molecule has 1 saturated heterocycles. The van der Waals surface area contributed by atoms with Crippen LogP contribution in [0.4, 0.5) is 0 Å². The molecule has 2 aliphatic rings. The molecule has 2 aromatic carbocycles. The maximum atomic E-state index is 11.5. The molecule has 4 rings (SSSR count). The van der Waals surface area contributed by atoms with Gasteiger partial charge in [0.1, 0.15) is 27.8 Å². The molecule has 0 radical (unpaired) electrons. The molecule has 0 amide bonds. The van der Waals surface area contributed by atoms with Crippen molar-refractivity contribution >= 4 is 9.84 Å². The van der Waals surface area contributed by atoms with Gasteiger partial charge in [0.05, 0.1) is 17.4 Å². The fourth-order valence-corrected chi connectivity index (χ4v) is 5.41. The second kappa shape index (κ2) is 10.6. The number of rotatable bonds is 8. The van der Waals surface area contributed by atoms with Crippen molar-refractivity contribution in [2.75, 3.05) is 25.6 Å².